The molecule has 130 valence electrons. The minimum Gasteiger partial charge on any atom is -0.349 e. The zero-order chi connectivity index (χ0) is 17.5. The molecule has 1 atom stereocenters. The predicted octanol–water partition coefficient (Wildman–Crippen LogP) is 0.799. The number of hydrogen-bond acceptors (Lipinski definition) is 5. The molecule has 1 aliphatic rings. The van der Waals surface area contributed by atoms with Crippen molar-refractivity contribution in [2.45, 2.75) is 19.1 Å². The molecule has 0 spiro atoms. The summed E-state index contributed by atoms with van der Waals surface area (Å²) in [6, 6.07) is 2.11. The first-order valence-corrected chi connectivity index (χ1v) is 8.87. The standard InChI is InChI=1S/C13H13F3N4O3S/c14-13(15,16)9-2-1-4-20-10(18-19-11(9)20)6-17-12(21)8-3-5-24(22,23)7-8/h1-2,4,8H,3,5-7H2,(H,17,21)/t8-/m0/s1. The van der Waals surface area contributed by atoms with Gasteiger partial charge in [-0.25, -0.2) is 8.42 Å². The Morgan fingerprint density at radius 3 is 2.75 bits per heavy atom. The third-order valence-corrected chi connectivity index (χ3v) is 5.60. The molecule has 0 aliphatic carbocycles. The molecule has 24 heavy (non-hydrogen) atoms. The van der Waals surface area contributed by atoms with Gasteiger partial charge in [0.1, 0.15) is 5.56 Å². The van der Waals surface area contributed by atoms with Gasteiger partial charge in [-0.15, -0.1) is 10.2 Å². The Bertz CT molecular complexity index is 891. The van der Waals surface area contributed by atoms with E-state index in [9.17, 15) is 26.4 Å². The second-order valence-electron chi connectivity index (χ2n) is 5.55. The van der Waals surface area contributed by atoms with Crippen LogP contribution in [0.25, 0.3) is 5.65 Å². The number of nitrogens with one attached hydrogen (secondary N) is 1. The Kier molecular flexibility index (Phi) is 3.98. The van der Waals surface area contributed by atoms with E-state index in [1.54, 1.807) is 0 Å². The van der Waals surface area contributed by atoms with Gasteiger partial charge in [0.2, 0.25) is 5.91 Å². The highest BCUT2D eigenvalue weighted by Crippen LogP contribution is 2.31. The van der Waals surface area contributed by atoms with Crippen molar-refractivity contribution in [3.05, 3.63) is 29.7 Å². The summed E-state index contributed by atoms with van der Waals surface area (Å²) in [4.78, 5) is 12.0. The molecule has 0 radical (unpaired) electrons. The van der Waals surface area contributed by atoms with Crippen molar-refractivity contribution < 1.29 is 26.4 Å². The molecular weight excluding hydrogens is 349 g/mol. The maximum Gasteiger partial charge on any atom is 0.420 e. The Labute approximate surface area is 134 Å². The zero-order valence-electron chi connectivity index (χ0n) is 12.2. The average Bonchev–Trinajstić information content (AvgIpc) is 3.06. The van der Waals surface area contributed by atoms with Crippen molar-refractivity contribution in [1.82, 2.24) is 19.9 Å². The number of halogens is 3. The fourth-order valence-electron chi connectivity index (χ4n) is 2.62. The lowest BCUT2D eigenvalue weighted by molar-refractivity contribution is -0.136. The maximum absolute atomic E-state index is 12.9. The molecule has 1 amide bonds. The normalized spacial score (nSPS) is 20.4. The number of amides is 1. The first-order chi connectivity index (χ1) is 11.2. The lowest BCUT2D eigenvalue weighted by atomic mass is 10.1. The predicted molar refractivity (Wildman–Crippen MR) is 76.6 cm³/mol. The smallest absolute Gasteiger partial charge is 0.349 e. The van der Waals surface area contributed by atoms with Crippen LogP contribution in [0.5, 0.6) is 0 Å². The Morgan fingerprint density at radius 1 is 1.38 bits per heavy atom. The summed E-state index contributed by atoms with van der Waals surface area (Å²) in [5.74, 6) is -1.21. The fraction of sp³-hybridized carbons (Fsp3) is 0.462. The second-order valence-corrected chi connectivity index (χ2v) is 7.78. The van der Waals surface area contributed by atoms with E-state index in [1.165, 1.54) is 12.3 Å². The summed E-state index contributed by atoms with van der Waals surface area (Å²) >= 11 is 0. The molecule has 2 aromatic heterocycles. The van der Waals surface area contributed by atoms with Crippen LogP contribution < -0.4 is 5.32 Å². The number of nitrogens with zero attached hydrogens (tertiary/aromatic N) is 3. The van der Waals surface area contributed by atoms with E-state index in [-0.39, 0.29) is 35.9 Å². The SMILES string of the molecule is O=C(NCc1nnc2c(C(F)(F)F)cccn12)[C@H]1CCS(=O)(=O)C1. The summed E-state index contributed by atoms with van der Waals surface area (Å²) in [5.41, 5.74) is -1.27. The molecule has 0 aromatic carbocycles. The number of hydrogen-bond donors (Lipinski definition) is 1. The summed E-state index contributed by atoms with van der Waals surface area (Å²) in [6.07, 6.45) is -2.95. The van der Waals surface area contributed by atoms with Crippen LogP contribution in [0.2, 0.25) is 0 Å². The molecule has 0 saturated carbocycles. The van der Waals surface area contributed by atoms with Crippen LogP contribution in [0.4, 0.5) is 13.2 Å². The molecule has 2 aromatic rings. The van der Waals surface area contributed by atoms with Gasteiger partial charge in [-0.2, -0.15) is 13.2 Å². The highest BCUT2D eigenvalue weighted by Gasteiger charge is 2.35. The molecule has 0 unspecified atom stereocenters. The van der Waals surface area contributed by atoms with E-state index < -0.39 is 33.4 Å². The molecule has 1 N–H and O–H groups in total. The summed E-state index contributed by atoms with van der Waals surface area (Å²) in [5, 5.41) is 9.71. The van der Waals surface area contributed by atoms with Gasteiger partial charge in [0.15, 0.2) is 21.3 Å². The minimum absolute atomic E-state index is 0.0338. The van der Waals surface area contributed by atoms with Gasteiger partial charge in [-0.1, -0.05) is 0 Å². The van der Waals surface area contributed by atoms with Crippen LogP contribution in [-0.4, -0.2) is 40.4 Å². The molecule has 3 heterocycles. The van der Waals surface area contributed by atoms with Crippen LogP contribution in [-0.2, 0) is 27.4 Å². The Hall–Kier alpha value is -2.17. The van der Waals surface area contributed by atoms with Gasteiger partial charge in [-0.05, 0) is 18.6 Å². The van der Waals surface area contributed by atoms with Crippen molar-refractivity contribution in [1.29, 1.82) is 0 Å². The highest BCUT2D eigenvalue weighted by atomic mass is 32.2. The molecule has 3 rings (SSSR count). The topological polar surface area (TPSA) is 93.4 Å². The van der Waals surface area contributed by atoms with E-state index in [2.05, 4.69) is 15.5 Å². The van der Waals surface area contributed by atoms with Crippen LogP contribution >= 0.6 is 0 Å². The highest BCUT2D eigenvalue weighted by molar-refractivity contribution is 7.91. The average molecular weight is 362 g/mol. The first kappa shape index (κ1) is 16.7. The summed E-state index contributed by atoms with van der Waals surface area (Å²) in [7, 11) is -3.19. The van der Waals surface area contributed by atoms with Crippen molar-refractivity contribution in [3.8, 4) is 0 Å². The van der Waals surface area contributed by atoms with Gasteiger partial charge in [0, 0.05) is 6.20 Å². The number of pyridine rings is 1. The van der Waals surface area contributed by atoms with E-state index >= 15 is 0 Å². The number of aromatic nitrogens is 3. The lowest BCUT2D eigenvalue weighted by Gasteiger charge is -2.09. The van der Waals surface area contributed by atoms with Crippen molar-refractivity contribution in [2.24, 2.45) is 5.92 Å². The van der Waals surface area contributed by atoms with Gasteiger partial charge in [0.05, 0.1) is 24.0 Å². The number of carbonyl (C=O) groups is 1. The van der Waals surface area contributed by atoms with E-state index in [4.69, 9.17) is 0 Å². The van der Waals surface area contributed by atoms with Crippen LogP contribution in [0.15, 0.2) is 18.3 Å². The molecule has 0 bridgehead atoms. The van der Waals surface area contributed by atoms with Gasteiger partial charge >= 0.3 is 6.18 Å². The van der Waals surface area contributed by atoms with Crippen LogP contribution in [0.3, 0.4) is 0 Å². The summed E-state index contributed by atoms with van der Waals surface area (Å²) in [6.45, 7) is -0.141. The quantitative estimate of drug-likeness (QED) is 0.872. The van der Waals surface area contributed by atoms with Crippen molar-refractivity contribution >= 4 is 21.4 Å². The largest absolute Gasteiger partial charge is 0.420 e. The van der Waals surface area contributed by atoms with Crippen molar-refractivity contribution in [2.75, 3.05) is 11.5 Å². The summed E-state index contributed by atoms with van der Waals surface area (Å²) < 4.78 is 62.6. The van der Waals surface area contributed by atoms with Gasteiger partial charge in [-0.3, -0.25) is 9.20 Å². The third kappa shape index (κ3) is 3.21. The number of carbonyl (C=O) groups excluding carboxylic acids is 1. The lowest BCUT2D eigenvalue weighted by Crippen LogP contribution is -2.31. The van der Waals surface area contributed by atoms with Crippen LogP contribution in [0, 0.1) is 5.92 Å². The van der Waals surface area contributed by atoms with Gasteiger partial charge in [0.25, 0.3) is 0 Å². The molecule has 7 nitrogen and oxygen atoms in total. The van der Waals surface area contributed by atoms with E-state index in [0.29, 0.717) is 0 Å². The third-order valence-electron chi connectivity index (χ3n) is 3.83. The molecule has 1 aliphatic heterocycles. The fourth-order valence-corrected chi connectivity index (χ4v) is 4.36. The van der Waals surface area contributed by atoms with Crippen molar-refractivity contribution in [3.63, 3.8) is 0 Å². The van der Waals surface area contributed by atoms with Gasteiger partial charge < -0.3 is 5.32 Å². The molecular formula is C13H13F3N4O3S. The number of fused-ring (bicyclic) bond motifs is 1. The van der Waals surface area contributed by atoms with Crippen LogP contribution in [0.1, 0.15) is 17.8 Å². The zero-order valence-corrected chi connectivity index (χ0v) is 13.1. The Morgan fingerprint density at radius 2 is 2.12 bits per heavy atom. The van der Waals surface area contributed by atoms with E-state index in [1.807, 2.05) is 0 Å². The van der Waals surface area contributed by atoms with E-state index in [0.717, 1.165) is 10.5 Å². The Balaban J connectivity index is 1.76. The first-order valence-electron chi connectivity index (χ1n) is 7.05. The number of alkyl halides is 3. The second kappa shape index (κ2) is 5.72. The maximum atomic E-state index is 12.9. The monoisotopic (exact) mass is 362 g/mol. The number of sulfone groups is 1. The molecule has 1 saturated heterocycles. The number of rotatable bonds is 3. The molecule has 11 heteroatoms. The molecule has 1 fully saturated rings. The minimum atomic E-state index is -4.56.